The summed E-state index contributed by atoms with van der Waals surface area (Å²) in [5.74, 6) is 0. The highest BCUT2D eigenvalue weighted by molar-refractivity contribution is 5.45. The number of aliphatic hydroxyl groups excluding tert-OH is 1. The van der Waals surface area contributed by atoms with E-state index in [9.17, 15) is 0 Å². The fourth-order valence-electron chi connectivity index (χ4n) is 1.79. The molecular weight excluding hydrogens is 212 g/mol. The van der Waals surface area contributed by atoms with Gasteiger partial charge in [0.2, 0.25) is 0 Å². The second kappa shape index (κ2) is 5.55. The largest absolute Gasteiger partial charge is 0.396 e. The van der Waals surface area contributed by atoms with E-state index in [0.717, 1.165) is 24.2 Å². The summed E-state index contributed by atoms with van der Waals surface area (Å²) >= 11 is 0. The maximum absolute atomic E-state index is 8.83. The Bertz CT molecular complexity index is 459. The average Bonchev–Trinajstić information content (AvgIpc) is 2.75. The normalized spacial score (nSPS) is 10.5. The minimum Gasteiger partial charge on any atom is -0.396 e. The molecule has 1 heterocycles. The molecule has 1 aromatic carbocycles. The Hall–Kier alpha value is -1.74. The van der Waals surface area contributed by atoms with Crippen LogP contribution in [0, 0.1) is 0 Å². The van der Waals surface area contributed by atoms with E-state index >= 15 is 0 Å². The molecule has 0 aliphatic carbocycles. The molecule has 2 N–H and O–H groups in total. The zero-order valence-electron chi connectivity index (χ0n) is 10.1. The second-order valence-electron chi connectivity index (χ2n) is 4.21. The Balaban J connectivity index is 1.90. The van der Waals surface area contributed by atoms with Crippen molar-refractivity contribution in [1.29, 1.82) is 0 Å². The summed E-state index contributed by atoms with van der Waals surface area (Å²) in [6.07, 6.45) is 4.87. The molecule has 0 radical (unpaired) electrons. The molecule has 90 valence electrons. The van der Waals surface area contributed by atoms with Crippen molar-refractivity contribution in [3.63, 3.8) is 0 Å². The summed E-state index contributed by atoms with van der Waals surface area (Å²) in [5.41, 5.74) is 3.54. The highest BCUT2D eigenvalue weighted by Gasteiger charge is 1.96. The predicted octanol–water partition coefficient (Wildman–Crippen LogP) is 2.17. The van der Waals surface area contributed by atoms with E-state index in [0.29, 0.717) is 0 Å². The van der Waals surface area contributed by atoms with Crippen LogP contribution in [-0.4, -0.2) is 16.3 Å². The number of aryl methyl sites for hydroxylation is 1. The number of anilines is 1. The van der Waals surface area contributed by atoms with Crippen LogP contribution < -0.4 is 5.32 Å². The molecule has 1 aromatic heterocycles. The fourth-order valence-corrected chi connectivity index (χ4v) is 1.79. The number of aliphatic hydroxyl groups is 1. The van der Waals surface area contributed by atoms with Gasteiger partial charge in [-0.05, 0) is 35.7 Å². The van der Waals surface area contributed by atoms with E-state index in [4.69, 9.17) is 5.11 Å². The van der Waals surface area contributed by atoms with E-state index < -0.39 is 0 Å². The molecule has 0 aliphatic heterocycles. The minimum absolute atomic E-state index is 0.205. The monoisotopic (exact) mass is 230 g/mol. The van der Waals surface area contributed by atoms with Crippen LogP contribution in [0.5, 0.6) is 0 Å². The summed E-state index contributed by atoms with van der Waals surface area (Å²) in [6, 6.07) is 10.3. The average molecular weight is 230 g/mol. The topological polar surface area (TPSA) is 37.2 Å². The Kier molecular flexibility index (Phi) is 3.83. The smallest absolute Gasteiger partial charge is 0.0471 e. The van der Waals surface area contributed by atoms with E-state index in [-0.39, 0.29) is 6.61 Å². The Morgan fingerprint density at radius 3 is 2.47 bits per heavy atom. The van der Waals surface area contributed by atoms with Crippen molar-refractivity contribution in [2.75, 3.05) is 11.9 Å². The van der Waals surface area contributed by atoms with Gasteiger partial charge in [0.1, 0.15) is 0 Å². The fraction of sp³-hybridized carbons (Fsp3) is 0.286. The zero-order chi connectivity index (χ0) is 12.1. The van der Waals surface area contributed by atoms with Crippen molar-refractivity contribution in [1.82, 2.24) is 4.57 Å². The van der Waals surface area contributed by atoms with Gasteiger partial charge in [-0.15, -0.1) is 0 Å². The lowest BCUT2D eigenvalue weighted by Crippen LogP contribution is -1.98. The molecule has 0 bridgehead atoms. The molecule has 2 aromatic rings. The molecule has 3 nitrogen and oxygen atoms in total. The van der Waals surface area contributed by atoms with Gasteiger partial charge < -0.3 is 15.0 Å². The molecule has 0 fully saturated rings. The van der Waals surface area contributed by atoms with Crippen LogP contribution in [0.15, 0.2) is 42.7 Å². The van der Waals surface area contributed by atoms with Crippen LogP contribution >= 0.6 is 0 Å². The first kappa shape index (κ1) is 11.7. The van der Waals surface area contributed by atoms with Gasteiger partial charge in [0.25, 0.3) is 0 Å². The van der Waals surface area contributed by atoms with E-state index in [1.807, 2.05) is 42.1 Å². The van der Waals surface area contributed by atoms with Gasteiger partial charge in [-0.3, -0.25) is 0 Å². The van der Waals surface area contributed by atoms with Gasteiger partial charge in [0.05, 0.1) is 0 Å². The molecule has 0 saturated heterocycles. The lowest BCUT2D eigenvalue weighted by Gasteiger charge is -2.06. The van der Waals surface area contributed by atoms with Crippen molar-refractivity contribution in [3.05, 3.63) is 53.9 Å². The molecule has 0 saturated carbocycles. The third-order valence-electron chi connectivity index (χ3n) is 2.74. The van der Waals surface area contributed by atoms with Crippen molar-refractivity contribution in [3.8, 4) is 0 Å². The Labute approximate surface area is 102 Å². The third kappa shape index (κ3) is 3.36. The van der Waals surface area contributed by atoms with Crippen LogP contribution in [0.4, 0.5) is 5.69 Å². The summed E-state index contributed by atoms with van der Waals surface area (Å²) in [7, 11) is 2.02. The summed E-state index contributed by atoms with van der Waals surface area (Å²) in [6.45, 7) is 1.04. The molecule has 0 aliphatic rings. The summed E-state index contributed by atoms with van der Waals surface area (Å²) in [4.78, 5) is 0. The van der Waals surface area contributed by atoms with E-state index in [1.54, 1.807) is 0 Å². The van der Waals surface area contributed by atoms with Gasteiger partial charge in [0, 0.05) is 38.3 Å². The van der Waals surface area contributed by atoms with Gasteiger partial charge >= 0.3 is 0 Å². The number of aromatic nitrogens is 1. The SMILES string of the molecule is Cn1ccc(CNc2ccc(CCO)cc2)c1. The van der Waals surface area contributed by atoms with Crippen LogP contribution in [0.1, 0.15) is 11.1 Å². The van der Waals surface area contributed by atoms with Gasteiger partial charge in [-0.2, -0.15) is 0 Å². The van der Waals surface area contributed by atoms with Gasteiger partial charge in [0.15, 0.2) is 0 Å². The Morgan fingerprint density at radius 2 is 1.88 bits per heavy atom. The van der Waals surface area contributed by atoms with Crippen LogP contribution in [-0.2, 0) is 20.0 Å². The zero-order valence-corrected chi connectivity index (χ0v) is 10.1. The molecule has 0 atom stereocenters. The molecule has 2 rings (SSSR count). The van der Waals surface area contributed by atoms with Crippen molar-refractivity contribution >= 4 is 5.69 Å². The quantitative estimate of drug-likeness (QED) is 0.826. The van der Waals surface area contributed by atoms with Crippen LogP contribution in [0.3, 0.4) is 0 Å². The number of hydrogen-bond donors (Lipinski definition) is 2. The maximum atomic E-state index is 8.83. The maximum Gasteiger partial charge on any atom is 0.0471 e. The number of nitrogens with zero attached hydrogens (tertiary/aromatic N) is 1. The standard InChI is InChI=1S/C14H18N2O/c1-16-8-6-13(11-16)10-15-14-4-2-12(3-5-14)7-9-17/h2-6,8,11,15,17H,7,9-10H2,1H3. The Morgan fingerprint density at radius 1 is 1.12 bits per heavy atom. The number of rotatable bonds is 5. The summed E-state index contributed by atoms with van der Waals surface area (Å²) in [5, 5.41) is 12.2. The summed E-state index contributed by atoms with van der Waals surface area (Å²) < 4.78 is 2.04. The molecule has 0 amide bonds. The third-order valence-corrected chi connectivity index (χ3v) is 2.74. The number of benzene rings is 1. The predicted molar refractivity (Wildman–Crippen MR) is 70.0 cm³/mol. The van der Waals surface area contributed by atoms with Crippen LogP contribution in [0.2, 0.25) is 0 Å². The molecular formula is C14H18N2O. The van der Waals surface area contributed by atoms with Crippen LogP contribution in [0.25, 0.3) is 0 Å². The first-order chi connectivity index (χ1) is 8.28. The highest BCUT2D eigenvalue weighted by Crippen LogP contribution is 2.11. The van der Waals surface area contributed by atoms with E-state index in [1.165, 1.54) is 5.56 Å². The first-order valence-electron chi connectivity index (χ1n) is 5.82. The lowest BCUT2D eigenvalue weighted by molar-refractivity contribution is 0.299. The number of nitrogens with one attached hydrogen (secondary N) is 1. The van der Waals surface area contributed by atoms with Gasteiger partial charge in [-0.1, -0.05) is 12.1 Å². The van der Waals surface area contributed by atoms with Crippen molar-refractivity contribution < 1.29 is 5.11 Å². The highest BCUT2D eigenvalue weighted by atomic mass is 16.2. The van der Waals surface area contributed by atoms with E-state index in [2.05, 4.69) is 17.6 Å². The molecule has 0 unspecified atom stereocenters. The number of hydrogen-bond acceptors (Lipinski definition) is 2. The van der Waals surface area contributed by atoms with Crippen molar-refractivity contribution in [2.24, 2.45) is 7.05 Å². The minimum atomic E-state index is 0.205. The molecule has 0 spiro atoms. The molecule has 17 heavy (non-hydrogen) atoms. The van der Waals surface area contributed by atoms with Crippen molar-refractivity contribution in [2.45, 2.75) is 13.0 Å². The van der Waals surface area contributed by atoms with Gasteiger partial charge in [-0.25, -0.2) is 0 Å². The first-order valence-corrected chi connectivity index (χ1v) is 5.82. The molecule has 3 heteroatoms. The lowest BCUT2D eigenvalue weighted by atomic mass is 10.1. The second-order valence-corrected chi connectivity index (χ2v) is 4.21.